The molecule has 0 fully saturated rings. The van der Waals surface area contributed by atoms with Crippen LogP contribution in [0, 0.1) is 0 Å². The molecule has 0 atom stereocenters. The molecule has 2 nitrogen and oxygen atoms in total. The second-order valence-corrected chi connectivity index (χ2v) is 4.84. The topological polar surface area (TPSA) is 37.3 Å². The van der Waals surface area contributed by atoms with Crippen LogP contribution in [0.2, 0.25) is 0 Å². The first-order valence-electron chi connectivity index (χ1n) is 4.22. The maximum absolute atomic E-state index is 10.2. The summed E-state index contributed by atoms with van der Waals surface area (Å²) >= 11 is 4.81. The van der Waals surface area contributed by atoms with E-state index < -0.39 is 5.97 Å². The molecule has 0 saturated carbocycles. The van der Waals surface area contributed by atoms with E-state index in [0.717, 1.165) is 16.6 Å². The zero-order chi connectivity index (χ0) is 10.4. The van der Waals surface area contributed by atoms with Crippen LogP contribution in [0.5, 0.6) is 0 Å². The van der Waals surface area contributed by atoms with Crippen molar-refractivity contribution in [3.63, 3.8) is 0 Å². The maximum atomic E-state index is 10.2. The molecule has 0 bridgehead atoms. The Hall–Kier alpha value is -0.480. The highest BCUT2D eigenvalue weighted by Crippen LogP contribution is 2.12. The van der Waals surface area contributed by atoms with Crippen LogP contribution in [0.1, 0.15) is 5.56 Å². The second-order valence-electron chi connectivity index (χ2n) is 2.82. The van der Waals surface area contributed by atoms with Gasteiger partial charge in [0.2, 0.25) is 0 Å². The van der Waals surface area contributed by atoms with Crippen LogP contribution < -0.4 is 0 Å². The highest BCUT2D eigenvalue weighted by Gasteiger charge is 1.97. The second kappa shape index (κ2) is 6.09. The van der Waals surface area contributed by atoms with Crippen molar-refractivity contribution >= 4 is 33.7 Å². The summed E-state index contributed by atoms with van der Waals surface area (Å²) in [5.41, 5.74) is 1.24. The number of carboxylic acids is 1. The van der Waals surface area contributed by atoms with Gasteiger partial charge in [-0.2, -0.15) is 0 Å². The Kier molecular flexibility index (Phi) is 5.04. The van der Waals surface area contributed by atoms with E-state index in [9.17, 15) is 4.79 Å². The Morgan fingerprint density at radius 2 is 2.00 bits per heavy atom. The minimum Gasteiger partial charge on any atom is -0.481 e. The fourth-order valence-corrected chi connectivity index (χ4v) is 1.96. The first-order chi connectivity index (χ1) is 6.68. The number of hydrogen-bond donors (Lipinski definition) is 1. The molecular weight excluding hydrogens is 264 g/mol. The van der Waals surface area contributed by atoms with Crippen LogP contribution in [0.15, 0.2) is 28.7 Å². The van der Waals surface area contributed by atoms with Gasteiger partial charge in [0.15, 0.2) is 0 Å². The summed E-state index contributed by atoms with van der Waals surface area (Å²) in [4.78, 5) is 10.2. The fourth-order valence-electron chi connectivity index (χ4n) is 1.00. The fraction of sp³-hybridized carbons (Fsp3) is 0.300. The number of carboxylic acid groups (broad SMARTS) is 1. The number of thioether (sulfide) groups is 1. The maximum Gasteiger partial charge on any atom is 0.313 e. The zero-order valence-corrected chi connectivity index (χ0v) is 9.97. The number of halogens is 1. The van der Waals surface area contributed by atoms with Gasteiger partial charge >= 0.3 is 5.97 Å². The molecule has 1 aromatic carbocycles. The Labute approximate surface area is 95.8 Å². The zero-order valence-electron chi connectivity index (χ0n) is 7.57. The van der Waals surface area contributed by atoms with Crippen molar-refractivity contribution in [2.75, 3.05) is 11.5 Å². The lowest BCUT2D eigenvalue weighted by Crippen LogP contribution is -1.99. The number of benzene rings is 1. The molecule has 0 unspecified atom stereocenters. The molecule has 1 N–H and O–H groups in total. The molecule has 0 aliphatic heterocycles. The van der Waals surface area contributed by atoms with Crippen LogP contribution in [0.4, 0.5) is 0 Å². The first kappa shape index (κ1) is 11.6. The van der Waals surface area contributed by atoms with Crippen molar-refractivity contribution in [1.29, 1.82) is 0 Å². The van der Waals surface area contributed by atoms with Crippen LogP contribution in [0.3, 0.4) is 0 Å². The lowest BCUT2D eigenvalue weighted by Gasteiger charge is -2.00. The first-order valence-corrected chi connectivity index (χ1v) is 6.17. The van der Waals surface area contributed by atoms with E-state index in [2.05, 4.69) is 15.9 Å². The monoisotopic (exact) mass is 274 g/mol. The highest BCUT2D eigenvalue weighted by molar-refractivity contribution is 9.10. The number of aliphatic carboxylic acids is 1. The minimum atomic E-state index is -0.745. The van der Waals surface area contributed by atoms with Gasteiger partial charge in [0.1, 0.15) is 0 Å². The van der Waals surface area contributed by atoms with Gasteiger partial charge in [0, 0.05) is 4.47 Å². The molecule has 0 spiro atoms. The van der Waals surface area contributed by atoms with Gasteiger partial charge in [-0.05, 0) is 29.9 Å². The van der Waals surface area contributed by atoms with Gasteiger partial charge in [0.05, 0.1) is 5.75 Å². The number of carbonyl (C=O) groups is 1. The Bertz CT molecular complexity index is 297. The summed E-state index contributed by atoms with van der Waals surface area (Å²) in [6.07, 6.45) is 0.922. The van der Waals surface area contributed by atoms with Crippen molar-refractivity contribution in [1.82, 2.24) is 0 Å². The van der Waals surface area contributed by atoms with Crippen molar-refractivity contribution in [3.05, 3.63) is 34.3 Å². The van der Waals surface area contributed by atoms with Gasteiger partial charge in [-0.25, -0.2) is 0 Å². The predicted molar refractivity (Wildman–Crippen MR) is 62.8 cm³/mol. The number of aryl methyl sites for hydroxylation is 1. The van der Waals surface area contributed by atoms with Crippen LogP contribution in [-0.2, 0) is 11.2 Å². The Balaban J connectivity index is 2.25. The van der Waals surface area contributed by atoms with E-state index in [1.54, 1.807) is 0 Å². The van der Waals surface area contributed by atoms with Gasteiger partial charge < -0.3 is 5.11 Å². The molecule has 0 aliphatic rings. The molecule has 0 aliphatic carbocycles. The van der Waals surface area contributed by atoms with E-state index >= 15 is 0 Å². The van der Waals surface area contributed by atoms with E-state index in [-0.39, 0.29) is 5.75 Å². The summed E-state index contributed by atoms with van der Waals surface area (Å²) in [6.45, 7) is 0. The molecule has 1 rings (SSSR count). The quantitative estimate of drug-likeness (QED) is 0.839. The average Bonchev–Trinajstić information content (AvgIpc) is 2.15. The highest BCUT2D eigenvalue weighted by atomic mass is 79.9. The Morgan fingerprint density at radius 3 is 2.57 bits per heavy atom. The lowest BCUT2D eigenvalue weighted by atomic mass is 10.2. The predicted octanol–water partition coefficient (Wildman–Crippen LogP) is 2.81. The SMILES string of the molecule is O=C(O)CSCCc1ccc(Br)cc1. The van der Waals surface area contributed by atoms with Crippen molar-refractivity contribution in [2.45, 2.75) is 6.42 Å². The van der Waals surface area contributed by atoms with Crippen LogP contribution in [0.25, 0.3) is 0 Å². The molecule has 0 saturated heterocycles. The van der Waals surface area contributed by atoms with E-state index in [4.69, 9.17) is 5.11 Å². The summed E-state index contributed by atoms with van der Waals surface area (Å²) < 4.78 is 1.07. The van der Waals surface area contributed by atoms with Crippen LogP contribution in [-0.4, -0.2) is 22.6 Å². The number of hydrogen-bond acceptors (Lipinski definition) is 2. The average molecular weight is 275 g/mol. The van der Waals surface area contributed by atoms with Crippen LogP contribution >= 0.6 is 27.7 Å². The van der Waals surface area contributed by atoms with Gasteiger partial charge in [-0.3, -0.25) is 4.79 Å². The van der Waals surface area contributed by atoms with Crippen molar-refractivity contribution < 1.29 is 9.90 Å². The molecule has 14 heavy (non-hydrogen) atoms. The minimum absolute atomic E-state index is 0.191. The molecule has 0 aromatic heterocycles. The van der Waals surface area contributed by atoms with E-state index in [0.29, 0.717) is 0 Å². The molecule has 0 heterocycles. The third kappa shape index (κ3) is 4.67. The molecule has 4 heteroatoms. The van der Waals surface area contributed by atoms with Crippen molar-refractivity contribution in [3.8, 4) is 0 Å². The van der Waals surface area contributed by atoms with E-state index in [1.807, 2.05) is 24.3 Å². The summed E-state index contributed by atoms with van der Waals surface area (Å²) in [7, 11) is 0. The molecule has 1 aromatic rings. The Morgan fingerprint density at radius 1 is 1.36 bits per heavy atom. The van der Waals surface area contributed by atoms with Gasteiger partial charge in [-0.15, -0.1) is 11.8 Å². The molecular formula is C10H11BrO2S. The molecule has 76 valence electrons. The molecule has 0 radical (unpaired) electrons. The summed E-state index contributed by atoms with van der Waals surface area (Å²) in [6, 6.07) is 8.09. The van der Waals surface area contributed by atoms with Gasteiger partial charge in [-0.1, -0.05) is 28.1 Å². The molecule has 0 amide bonds. The summed E-state index contributed by atoms with van der Waals surface area (Å²) in [5.74, 6) is 0.301. The smallest absolute Gasteiger partial charge is 0.313 e. The van der Waals surface area contributed by atoms with E-state index in [1.165, 1.54) is 17.3 Å². The summed E-state index contributed by atoms with van der Waals surface area (Å²) in [5, 5.41) is 8.42. The lowest BCUT2D eigenvalue weighted by molar-refractivity contribution is -0.133. The third-order valence-electron chi connectivity index (χ3n) is 1.67. The largest absolute Gasteiger partial charge is 0.481 e. The normalized spacial score (nSPS) is 10.1. The third-order valence-corrected chi connectivity index (χ3v) is 3.15. The standard InChI is InChI=1S/C10H11BrO2S/c11-9-3-1-8(2-4-9)5-6-14-7-10(12)13/h1-4H,5-7H2,(H,12,13). The number of rotatable bonds is 5. The van der Waals surface area contributed by atoms with Gasteiger partial charge in [0.25, 0.3) is 0 Å². The van der Waals surface area contributed by atoms with Crippen molar-refractivity contribution in [2.24, 2.45) is 0 Å².